The summed E-state index contributed by atoms with van der Waals surface area (Å²) >= 11 is 0. The summed E-state index contributed by atoms with van der Waals surface area (Å²) in [7, 11) is 2.13. The number of rotatable bonds is 2. The second-order valence-corrected chi connectivity index (χ2v) is 5.54. The molecule has 2 aliphatic heterocycles. The molecule has 2 aliphatic rings. The second kappa shape index (κ2) is 5.51. The molecule has 3 heterocycles. The van der Waals surface area contributed by atoms with Crippen LogP contribution in [0, 0.1) is 5.92 Å². The van der Waals surface area contributed by atoms with Crippen LogP contribution in [-0.4, -0.2) is 45.7 Å². The lowest BCUT2D eigenvalue weighted by Crippen LogP contribution is -2.28. The van der Waals surface area contributed by atoms with Crippen molar-refractivity contribution in [3.05, 3.63) is 17.7 Å². The Balaban J connectivity index is 0.00000133. The smallest absolute Gasteiger partial charge is 0.308 e. The molecule has 1 saturated heterocycles. The van der Waals surface area contributed by atoms with E-state index < -0.39 is 5.97 Å². The van der Waals surface area contributed by atoms with Crippen molar-refractivity contribution in [1.82, 2.24) is 14.5 Å². The van der Waals surface area contributed by atoms with Crippen molar-refractivity contribution in [3.8, 4) is 0 Å². The van der Waals surface area contributed by atoms with Gasteiger partial charge in [-0.15, -0.1) is 12.4 Å². The summed E-state index contributed by atoms with van der Waals surface area (Å²) in [5, 5.41) is 9.16. The van der Waals surface area contributed by atoms with Gasteiger partial charge in [-0.3, -0.25) is 4.79 Å². The third kappa shape index (κ3) is 2.62. The molecule has 0 spiro atoms. The third-order valence-electron chi connectivity index (χ3n) is 4.23. The number of carboxylic acids is 1. The maximum atomic E-state index is 11.1. The molecule has 0 saturated carbocycles. The summed E-state index contributed by atoms with van der Waals surface area (Å²) in [6.45, 7) is 2.74. The fraction of sp³-hybridized carbons (Fsp3) is 0.692. The van der Waals surface area contributed by atoms with Crippen LogP contribution < -0.4 is 0 Å². The fourth-order valence-electron chi connectivity index (χ4n) is 3.14. The number of fused-ring (bicyclic) bond motifs is 1. The normalized spacial score (nSPS) is 26.8. The van der Waals surface area contributed by atoms with E-state index in [0.29, 0.717) is 12.5 Å². The highest BCUT2D eigenvalue weighted by Crippen LogP contribution is 2.30. The molecule has 1 aromatic rings. The highest BCUT2D eigenvalue weighted by Gasteiger charge is 2.30. The summed E-state index contributed by atoms with van der Waals surface area (Å²) < 4.78 is 2.16. The first-order chi connectivity index (χ1) is 8.65. The van der Waals surface area contributed by atoms with Gasteiger partial charge in [-0.25, -0.2) is 4.98 Å². The number of nitrogens with zero attached hydrogens (tertiary/aromatic N) is 3. The van der Waals surface area contributed by atoms with Crippen molar-refractivity contribution in [2.75, 3.05) is 20.1 Å². The maximum absolute atomic E-state index is 11.1. The predicted molar refractivity (Wildman–Crippen MR) is 73.8 cm³/mol. The van der Waals surface area contributed by atoms with Crippen LogP contribution in [0.3, 0.4) is 0 Å². The van der Waals surface area contributed by atoms with E-state index in [1.807, 2.05) is 6.20 Å². The average Bonchev–Trinajstić information content (AvgIpc) is 2.93. The molecule has 0 aromatic carbocycles. The Kier molecular flexibility index (Phi) is 4.16. The number of aliphatic carboxylic acids is 1. The molecule has 1 N–H and O–H groups in total. The molecule has 3 rings (SSSR count). The van der Waals surface area contributed by atoms with Gasteiger partial charge in [0.1, 0.15) is 5.82 Å². The molecule has 0 radical (unpaired) electrons. The predicted octanol–water partition coefficient (Wildman–Crippen LogP) is 1.37. The van der Waals surface area contributed by atoms with E-state index in [1.54, 1.807) is 0 Å². The van der Waals surface area contributed by atoms with Gasteiger partial charge in [0.25, 0.3) is 0 Å². The van der Waals surface area contributed by atoms with Crippen molar-refractivity contribution in [3.63, 3.8) is 0 Å². The Morgan fingerprint density at radius 1 is 1.42 bits per heavy atom. The molecule has 2 unspecified atom stereocenters. The quantitative estimate of drug-likeness (QED) is 0.892. The Hall–Kier alpha value is -1.07. The summed E-state index contributed by atoms with van der Waals surface area (Å²) in [4.78, 5) is 18.0. The third-order valence-corrected chi connectivity index (χ3v) is 4.23. The number of carbonyl (C=O) groups is 1. The number of halogens is 1. The molecule has 5 nitrogen and oxygen atoms in total. The molecule has 0 amide bonds. The zero-order chi connectivity index (χ0) is 12.7. The van der Waals surface area contributed by atoms with Gasteiger partial charge in [0.15, 0.2) is 0 Å². The Morgan fingerprint density at radius 2 is 2.21 bits per heavy atom. The number of hydrogen-bond donors (Lipinski definition) is 1. The van der Waals surface area contributed by atoms with Crippen LogP contribution in [0.2, 0.25) is 0 Å². The van der Waals surface area contributed by atoms with E-state index >= 15 is 0 Å². The van der Waals surface area contributed by atoms with E-state index in [2.05, 4.69) is 21.5 Å². The highest BCUT2D eigenvalue weighted by molar-refractivity contribution is 5.85. The van der Waals surface area contributed by atoms with E-state index in [9.17, 15) is 4.79 Å². The lowest BCUT2D eigenvalue weighted by molar-refractivity contribution is -0.142. The molecule has 2 atom stereocenters. The van der Waals surface area contributed by atoms with Crippen LogP contribution in [0.25, 0.3) is 0 Å². The van der Waals surface area contributed by atoms with E-state index in [4.69, 9.17) is 5.11 Å². The monoisotopic (exact) mass is 285 g/mol. The summed E-state index contributed by atoms with van der Waals surface area (Å²) in [6.07, 6.45) is 4.65. The van der Waals surface area contributed by atoms with Crippen molar-refractivity contribution < 1.29 is 9.90 Å². The molecule has 0 bridgehead atoms. The molecule has 19 heavy (non-hydrogen) atoms. The number of carboxylic acid groups (broad SMARTS) is 1. The van der Waals surface area contributed by atoms with Gasteiger partial charge < -0.3 is 14.6 Å². The Bertz CT molecular complexity index is 474. The van der Waals surface area contributed by atoms with E-state index in [0.717, 1.165) is 38.2 Å². The van der Waals surface area contributed by atoms with E-state index in [-0.39, 0.29) is 18.3 Å². The first kappa shape index (κ1) is 14.3. The minimum Gasteiger partial charge on any atom is -0.481 e. The maximum Gasteiger partial charge on any atom is 0.308 e. The minimum atomic E-state index is -0.677. The molecule has 6 heteroatoms. The summed E-state index contributed by atoms with van der Waals surface area (Å²) in [5.74, 6) is 0.644. The SMILES string of the molecule is CN1CCC(c2ncc3n2CC(C(=O)O)CC3)C1.Cl. The number of likely N-dealkylation sites (tertiary alicyclic amines) is 1. The number of hydrogen-bond acceptors (Lipinski definition) is 3. The van der Waals surface area contributed by atoms with Gasteiger partial charge in [-0.05, 0) is 32.9 Å². The van der Waals surface area contributed by atoms with Crippen molar-refractivity contribution >= 4 is 18.4 Å². The highest BCUT2D eigenvalue weighted by atomic mass is 35.5. The largest absolute Gasteiger partial charge is 0.481 e. The van der Waals surface area contributed by atoms with Crippen molar-refractivity contribution in [2.24, 2.45) is 5.92 Å². The van der Waals surface area contributed by atoms with Gasteiger partial charge in [0.2, 0.25) is 0 Å². The van der Waals surface area contributed by atoms with Crippen LogP contribution in [0.15, 0.2) is 6.20 Å². The van der Waals surface area contributed by atoms with Crippen LogP contribution in [0.4, 0.5) is 0 Å². The fourth-order valence-corrected chi connectivity index (χ4v) is 3.14. The Labute approximate surface area is 119 Å². The number of aromatic nitrogens is 2. The van der Waals surface area contributed by atoms with E-state index in [1.165, 1.54) is 5.69 Å². The number of imidazole rings is 1. The molecular weight excluding hydrogens is 266 g/mol. The Morgan fingerprint density at radius 3 is 2.84 bits per heavy atom. The van der Waals surface area contributed by atoms with Crippen molar-refractivity contribution in [1.29, 1.82) is 0 Å². The molecule has 1 aromatic heterocycles. The zero-order valence-corrected chi connectivity index (χ0v) is 11.9. The van der Waals surface area contributed by atoms with Gasteiger partial charge in [0, 0.05) is 30.9 Å². The average molecular weight is 286 g/mol. The molecule has 0 aliphatic carbocycles. The molecule has 106 valence electrons. The first-order valence-electron chi connectivity index (χ1n) is 6.61. The van der Waals surface area contributed by atoms with Gasteiger partial charge in [-0.2, -0.15) is 0 Å². The number of aryl methyl sites for hydroxylation is 1. The molecular formula is C13H20ClN3O2. The number of likely N-dealkylation sites (N-methyl/N-ethyl adjacent to an activating group) is 1. The molecule has 1 fully saturated rings. The van der Waals surface area contributed by atoms with Crippen LogP contribution in [0.5, 0.6) is 0 Å². The van der Waals surface area contributed by atoms with Crippen LogP contribution in [0.1, 0.15) is 30.3 Å². The van der Waals surface area contributed by atoms with Gasteiger partial charge in [0.05, 0.1) is 5.92 Å². The van der Waals surface area contributed by atoms with Crippen LogP contribution >= 0.6 is 12.4 Å². The first-order valence-corrected chi connectivity index (χ1v) is 6.61. The summed E-state index contributed by atoms with van der Waals surface area (Å²) in [5.41, 5.74) is 1.21. The second-order valence-electron chi connectivity index (χ2n) is 5.54. The lowest BCUT2D eigenvalue weighted by Gasteiger charge is -2.24. The lowest BCUT2D eigenvalue weighted by atomic mass is 9.97. The zero-order valence-electron chi connectivity index (χ0n) is 11.1. The van der Waals surface area contributed by atoms with Crippen LogP contribution in [-0.2, 0) is 17.8 Å². The topological polar surface area (TPSA) is 58.4 Å². The van der Waals surface area contributed by atoms with Gasteiger partial charge in [-0.1, -0.05) is 0 Å². The minimum absolute atomic E-state index is 0. The van der Waals surface area contributed by atoms with Crippen molar-refractivity contribution in [2.45, 2.75) is 31.7 Å². The van der Waals surface area contributed by atoms with Gasteiger partial charge >= 0.3 is 5.97 Å². The summed E-state index contributed by atoms with van der Waals surface area (Å²) in [6, 6.07) is 0. The standard InChI is InChI=1S/C13H19N3O2.ClH/c1-15-5-4-9(7-15)12-14-6-11-3-2-10(13(17)18)8-16(11)12;/h6,9-10H,2-5,7-8H2,1H3,(H,17,18);1H.